The summed E-state index contributed by atoms with van der Waals surface area (Å²) in [7, 11) is 0. The summed E-state index contributed by atoms with van der Waals surface area (Å²) in [5.41, 5.74) is -6.50. The lowest BCUT2D eigenvalue weighted by molar-refractivity contribution is -0.141. The molecule has 0 aliphatic rings. The number of hydrogen-bond donors (Lipinski definition) is 2. The average Bonchev–Trinajstić information content (AvgIpc) is 2.91. The van der Waals surface area contributed by atoms with Gasteiger partial charge in [-0.05, 0) is 25.0 Å². The Morgan fingerprint density at radius 3 is 2.35 bits per heavy atom. The molecular weight excluding hydrogens is 605 g/mol. The van der Waals surface area contributed by atoms with E-state index in [1.165, 1.54) is 0 Å². The molecule has 230 valence electrons. The van der Waals surface area contributed by atoms with Crippen molar-refractivity contribution in [2.75, 3.05) is 11.9 Å². The third-order valence-electron chi connectivity index (χ3n) is 6.01. The zero-order chi connectivity index (χ0) is 31.5. The maximum Gasteiger partial charge on any atom is 0.434 e. The van der Waals surface area contributed by atoms with E-state index in [4.69, 9.17) is 0 Å². The van der Waals surface area contributed by atoms with Crippen LogP contribution in [0.2, 0.25) is 0 Å². The lowest BCUT2D eigenvalue weighted by atomic mass is 10.1. The molecule has 0 fully saturated rings. The minimum atomic E-state index is -5.09. The van der Waals surface area contributed by atoms with Crippen LogP contribution in [0.3, 0.4) is 0 Å². The van der Waals surface area contributed by atoms with Crippen molar-refractivity contribution >= 4 is 16.6 Å². The van der Waals surface area contributed by atoms with Gasteiger partial charge in [-0.2, -0.15) is 40.2 Å². The lowest BCUT2D eigenvalue weighted by Gasteiger charge is -2.22. The SMILES string of the molecule is O=c1[nH]ncc(N[C@H](CCCn2cnc3cc(-c4cnc(C(F)(F)F)cn4)c(F)cc3c2=O)COC(F)F)c1C(F)(F)F. The number of fused-ring (bicyclic) bond motifs is 1. The van der Waals surface area contributed by atoms with Gasteiger partial charge in [0, 0.05) is 18.2 Å². The van der Waals surface area contributed by atoms with Crippen molar-refractivity contribution in [3.8, 4) is 11.3 Å². The summed E-state index contributed by atoms with van der Waals surface area (Å²) < 4.78 is 124. The highest BCUT2D eigenvalue weighted by molar-refractivity contribution is 5.83. The number of ether oxygens (including phenoxy) is 1. The molecule has 3 aromatic heterocycles. The van der Waals surface area contributed by atoms with Gasteiger partial charge >= 0.3 is 19.0 Å². The maximum absolute atomic E-state index is 14.9. The fraction of sp³-hybridized carbons (Fsp3) is 0.333. The van der Waals surface area contributed by atoms with E-state index in [0.717, 1.165) is 29.2 Å². The predicted molar refractivity (Wildman–Crippen MR) is 130 cm³/mol. The van der Waals surface area contributed by atoms with E-state index in [2.05, 4.69) is 30.1 Å². The molecule has 0 spiro atoms. The molecule has 4 aromatic rings. The molecule has 2 N–H and O–H groups in total. The summed E-state index contributed by atoms with van der Waals surface area (Å²) >= 11 is 0. The van der Waals surface area contributed by atoms with Crippen molar-refractivity contribution < 1.29 is 44.3 Å². The van der Waals surface area contributed by atoms with Gasteiger partial charge < -0.3 is 10.1 Å². The average molecular weight is 623 g/mol. The fourth-order valence-electron chi connectivity index (χ4n) is 4.05. The summed E-state index contributed by atoms with van der Waals surface area (Å²) in [4.78, 5) is 35.5. The highest BCUT2D eigenvalue weighted by Gasteiger charge is 2.38. The summed E-state index contributed by atoms with van der Waals surface area (Å²) in [6, 6.07) is 0.728. The zero-order valence-electron chi connectivity index (χ0n) is 21.3. The van der Waals surface area contributed by atoms with Crippen LogP contribution in [-0.2, 0) is 23.6 Å². The Kier molecular flexibility index (Phi) is 9.02. The first kappa shape index (κ1) is 31.4. The monoisotopic (exact) mass is 623 g/mol. The Morgan fingerprint density at radius 2 is 1.72 bits per heavy atom. The van der Waals surface area contributed by atoms with E-state index in [1.807, 2.05) is 0 Å². The molecule has 0 unspecified atom stereocenters. The van der Waals surface area contributed by atoms with Crippen LogP contribution in [0.25, 0.3) is 22.2 Å². The van der Waals surface area contributed by atoms with Crippen molar-refractivity contribution in [3.63, 3.8) is 0 Å². The third kappa shape index (κ3) is 7.46. The number of nitrogens with zero attached hydrogens (tertiary/aromatic N) is 5. The van der Waals surface area contributed by atoms with Crippen molar-refractivity contribution in [1.82, 2.24) is 29.7 Å². The number of aromatic amines is 1. The van der Waals surface area contributed by atoms with Gasteiger partial charge in [-0.3, -0.25) is 19.1 Å². The Labute approximate surface area is 233 Å². The number of halogens is 9. The molecule has 0 amide bonds. The van der Waals surface area contributed by atoms with Gasteiger partial charge in [0.1, 0.15) is 11.4 Å². The second-order valence-corrected chi connectivity index (χ2v) is 8.94. The first-order valence-corrected chi connectivity index (χ1v) is 12.0. The molecular formula is C24H18F9N7O3. The Hall–Kier alpha value is -4.55. The van der Waals surface area contributed by atoms with E-state index in [-0.39, 0.29) is 41.5 Å². The molecule has 0 aliphatic heterocycles. The van der Waals surface area contributed by atoms with Crippen molar-refractivity contribution in [1.29, 1.82) is 0 Å². The lowest BCUT2D eigenvalue weighted by Crippen LogP contribution is -2.32. The first-order valence-electron chi connectivity index (χ1n) is 12.0. The molecule has 43 heavy (non-hydrogen) atoms. The van der Waals surface area contributed by atoms with Gasteiger partial charge in [0.2, 0.25) is 0 Å². The zero-order valence-corrected chi connectivity index (χ0v) is 21.3. The third-order valence-corrected chi connectivity index (χ3v) is 6.01. The summed E-state index contributed by atoms with van der Waals surface area (Å²) in [6.45, 7) is -4.15. The van der Waals surface area contributed by atoms with Gasteiger partial charge in [0.15, 0.2) is 5.69 Å². The van der Waals surface area contributed by atoms with Crippen LogP contribution in [0, 0.1) is 5.82 Å². The topological polar surface area (TPSA) is 128 Å². The van der Waals surface area contributed by atoms with Gasteiger partial charge in [0.25, 0.3) is 11.1 Å². The summed E-state index contributed by atoms with van der Waals surface area (Å²) in [5.74, 6) is -1.00. The van der Waals surface area contributed by atoms with Crippen LogP contribution >= 0.6 is 0 Å². The van der Waals surface area contributed by atoms with Crippen molar-refractivity contribution in [2.45, 2.75) is 44.4 Å². The van der Waals surface area contributed by atoms with Crippen molar-refractivity contribution in [2.24, 2.45) is 0 Å². The summed E-state index contributed by atoms with van der Waals surface area (Å²) in [5, 5.41) is 7.07. The molecule has 3 heterocycles. The van der Waals surface area contributed by atoms with E-state index < -0.39 is 65.5 Å². The molecule has 0 bridgehead atoms. The number of nitrogens with one attached hydrogen (secondary N) is 2. The molecule has 10 nitrogen and oxygen atoms in total. The quantitative estimate of drug-likeness (QED) is 0.245. The normalized spacial score (nSPS) is 13.1. The van der Waals surface area contributed by atoms with E-state index in [0.29, 0.717) is 12.4 Å². The standard InChI is InChI=1S/C24H18F9N7O3/c25-14-4-13-15(5-12(14)16-6-35-18(8-34-16)23(28,29)30)36-10-40(21(13)42)3-1-2-11(9-43-22(26)27)38-17-7-37-39-20(41)19(17)24(31,32)33/h4-8,10-11,22H,1-3,9H2,(H2,38,39,41)/t11-/m1/s1. The van der Waals surface area contributed by atoms with Crippen LogP contribution < -0.4 is 16.4 Å². The Morgan fingerprint density at radius 1 is 0.977 bits per heavy atom. The van der Waals surface area contributed by atoms with Crippen molar-refractivity contribution in [3.05, 3.63) is 74.8 Å². The number of hydrogen-bond acceptors (Lipinski definition) is 8. The van der Waals surface area contributed by atoms with Crippen LogP contribution in [0.1, 0.15) is 24.1 Å². The maximum atomic E-state index is 14.9. The number of alkyl halides is 8. The van der Waals surface area contributed by atoms with Crippen LogP contribution in [0.4, 0.5) is 45.2 Å². The Balaban J connectivity index is 1.52. The summed E-state index contributed by atoms with van der Waals surface area (Å²) in [6.07, 6.45) is -7.10. The molecule has 0 radical (unpaired) electrons. The number of aromatic nitrogens is 6. The second kappa shape index (κ2) is 12.4. The van der Waals surface area contributed by atoms with Gasteiger partial charge in [-0.25, -0.2) is 19.5 Å². The molecule has 19 heteroatoms. The smallest absolute Gasteiger partial charge is 0.378 e. The first-order chi connectivity index (χ1) is 20.1. The van der Waals surface area contributed by atoms with E-state index in [1.54, 1.807) is 5.10 Å². The number of anilines is 1. The van der Waals surface area contributed by atoms with Gasteiger partial charge in [-0.1, -0.05) is 0 Å². The molecule has 1 atom stereocenters. The Bertz CT molecular complexity index is 1700. The van der Waals surface area contributed by atoms with E-state index in [9.17, 15) is 49.1 Å². The van der Waals surface area contributed by atoms with Crippen LogP contribution in [-0.4, -0.2) is 49.0 Å². The minimum Gasteiger partial charge on any atom is -0.378 e. The molecule has 0 saturated heterocycles. The molecule has 1 aromatic carbocycles. The number of rotatable bonds is 10. The number of H-pyrrole nitrogens is 1. The van der Waals surface area contributed by atoms with Gasteiger partial charge in [-0.15, -0.1) is 0 Å². The largest absolute Gasteiger partial charge is 0.434 e. The second-order valence-electron chi connectivity index (χ2n) is 8.94. The highest BCUT2D eigenvalue weighted by Crippen LogP contribution is 2.32. The molecule has 0 aliphatic carbocycles. The number of aryl methyl sites for hydroxylation is 1. The van der Waals surface area contributed by atoms with Crippen LogP contribution in [0.5, 0.6) is 0 Å². The highest BCUT2D eigenvalue weighted by atomic mass is 19.4. The van der Waals surface area contributed by atoms with E-state index >= 15 is 0 Å². The van der Waals surface area contributed by atoms with Crippen LogP contribution in [0.15, 0.2) is 46.6 Å². The fourth-order valence-corrected chi connectivity index (χ4v) is 4.05. The molecule has 0 saturated carbocycles. The van der Waals surface area contributed by atoms with Gasteiger partial charge in [0.05, 0.1) is 53.8 Å². The predicted octanol–water partition coefficient (Wildman–Crippen LogP) is 4.61. The molecule has 4 rings (SSSR count). The number of benzene rings is 1. The minimum absolute atomic E-state index is 0.00294.